The molecule has 0 fully saturated rings. The maximum absolute atomic E-state index is 14.2. The van der Waals surface area contributed by atoms with E-state index in [4.69, 9.17) is 10.8 Å². The Morgan fingerprint density at radius 2 is 1.80 bits per heavy atom. The molecule has 10 nitrogen and oxygen atoms in total. The van der Waals surface area contributed by atoms with Crippen molar-refractivity contribution in [3.8, 4) is 17.8 Å². The van der Waals surface area contributed by atoms with Gasteiger partial charge in [0.1, 0.15) is 11.6 Å². The molecule has 1 unspecified atom stereocenters. The number of nitriles is 2. The number of fused-ring (bicyclic) bond motifs is 2. The van der Waals surface area contributed by atoms with Gasteiger partial charge in [-0.3, -0.25) is 9.59 Å². The molecule has 1 aliphatic rings. The average molecular weight is 592 g/mol. The van der Waals surface area contributed by atoms with Crippen molar-refractivity contribution in [1.82, 2.24) is 15.1 Å². The summed E-state index contributed by atoms with van der Waals surface area (Å²) >= 11 is 0. The molecule has 5 rings (SSSR count). The summed E-state index contributed by atoms with van der Waals surface area (Å²) in [5.41, 5.74) is 8.47. The Bertz CT molecular complexity index is 1710. The average Bonchev–Trinajstić information content (AvgIpc) is 3.26. The van der Waals surface area contributed by atoms with E-state index < -0.39 is 17.4 Å². The van der Waals surface area contributed by atoms with E-state index in [9.17, 15) is 20.1 Å². The molecular weight excluding hydrogens is 563 g/mol. The van der Waals surface area contributed by atoms with E-state index in [0.717, 1.165) is 10.9 Å². The minimum Gasteiger partial charge on any atom is -0.382 e. The number of hydrogen-bond donors (Lipinski definition) is 3. The van der Waals surface area contributed by atoms with E-state index >= 15 is 0 Å². The summed E-state index contributed by atoms with van der Waals surface area (Å²) < 4.78 is 1.71. The van der Waals surface area contributed by atoms with Gasteiger partial charge in [-0.25, -0.2) is 4.68 Å². The fourth-order valence-corrected chi connectivity index (χ4v) is 5.01. The van der Waals surface area contributed by atoms with Gasteiger partial charge in [0, 0.05) is 11.9 Å². The lowest BCUT2D eigenvalue weighted by Crippen LogP contribution is -2.62. The summed E-state index contributed by atoms with van der Waals surface area (Å²) in [4.78, 5) is 28.3. The number of primary amides is 1. The number of nitrogens with zero attached hydrogens (tertiary/aromatic N) is 5. The van der Waals surface area contributed by atoms with Crippen LogP contribution in [0.25, 0.3) is 16.6 Å². The van der Waals surface area contributed by atoms with Crippen LogP contribution < -0.4 is 21.3 Å². The summed E-state index contributed by atoms with van der Waals surface area (Å²) in [6.45, 7) is 1.82. The Kier molecular flexibility index (Phi) is 9.26. The second-order valence-electron chi connectivity index (χ2n) is 9.52. The van der Waals surface area contributed by atoms with Crippen molar-refractivity contribution in [3.63, 3.8) is 0 Å². The molecule has 0 saturated heterocycles. The van der Waals surface area contributed by atoms with E-state index in [0.29, 0.717) is 33.9 Å². The summed E-state index contributed by atoms with van der Waals surface area (Å²) in [7, 11) is 1.59. The van der Waals surface area contributed by atoms with Crippen molar-refractivity contribution in [3.05, 3.63) is 83.6 Å². The molecule has 0 saturated carbocycles. The fraction of sp³-hybridized carbons (Fsp3) is 0.207. The van der Waals surface area contributed by atoms with Crippen LogP contribution in [0.2, 0.25) is 0 Å². The fourth-order valence-electron chi connectivity index (χ4n) is 5.01. The highest BCUT2D eigenvalue weighted by Crippen LogP contribution is 2.36. The topological polar surface area (TPSA) is 153 Å². The number of amides is 2. The quantitative estimate of drug-likeness (QED) is 0.310. The van der Waals surface area contributed by atoms with Crippen LogP contribution in [0.5, 0.6) is 0 Å². The summed E-state index contributed by atoms with van der Waals surface area (Å²) in [5.74, 6) is -1.83. The number of likely N-dealkylation sites (N-methyl/N-ethyl adjacent to an activating group) is 1. The standard InChI is InChI=1S/C29H26N8O2.2ClH/c1-29(33-2,28(32)39)21-16-34-22-13-18(14-30)11-12-26(22)36(27(21)38)17-23-20-8-4-6-10-25(20)37(35-23)24-9-5-3-7-19(24)15-31;;/h3-13,21,33-34H,16-17H2,1-2H3,(H2,32,39);2*1H/t21-,29?;;/m1../s1. The van der Waals surface area contributed by atoms with Crippen molar-refractivity contribution >= 4 is 58.9 Å². The minimum absolute atomic E-state index is 0. The van der Waals surface area contributed by atoms with Crippen molar-refractivity contribution in [2.75, 3.05) is 23.8 Å². The first-order valence-electron chi connectivity index (χ1n) is 12.4. The van der Waals surface area contributed by atoms with Crippen LogP contribution in [0.1, 0.15) is 23.7 Å². The molecular formula is C29H28Cl2N8O2. The number of halogens is 2. The van der Waals surface area contributed by atoms with Crippen molar-refractivity contribution in [2.24, 2.45) is 11.7 Å². The Morgan fingerprint density at radius 1 is 1.10 bits per heavy atom. The maximum Gasteiger partial charge on any atom is 0.238 e. The van der Waals surface area contributed by atoms with Crippen LogP contribution in [-0.2, 0) is 16.1 Å². The molecule has 41 heavy (non-hydrogen) atoms. The lowest BCUT2D eigenvalue weighted by molar-refractivity contribution is -0.133. The molecule has 0 spiro atoms. The van der Waals surface area contributed by atoms with E-state index in [2.05, 4.69) is 22.8 Å². The second kappa shape index (κ2) is 12.3. The van der Waals surface area contributed by atoms with Gasteiger partial charge in [-0.15, -0.1) is 24.8 Å². The highest BCUT2D eigenvalue weighted by atomic mass is 35.5. The van der Waals surface area contributed by atoms with Gasteiger partial charge in [0.2, 0.25) is 11.8 Å². The number of rotatable bonds is 6. The molecule has 0 bridgehead atoms. The van der Waals surface area contributed by atoms with Crippen LogP contribution in [0.15, 0.2) is 66.7 Å². The van der Waals surface area contributed by atoms with Gasteiger partial charge < -0.3 is 21.3 Å². The van der Waals surface area contributed by atoms with Crippen molar-refractivity contribution in [1.29, 1.82) is 10.5 Å². The first kappa shape index (κ1) is 30.9. The highest BCUT2D eigenvalue weighted by molar-refractivity contribution is 6.04. The van der Waals surface area contributed by atoms with Gasteiger partial charge in [0.25, 0.3) is 0 Å². The Hall–Kier alpha value is -4.61. The van der Waals surface area contributed by atoms with Crippen LogP contribution >= 0.6 is 24.8 Å². The van der Waals surface area contributed by atoms with E-state index in [1.54, 1.807) is 53.9 Å². The molecule has 0 radical (unpaired) electrons. The molecule has 3 aromatic carbocycles. The number of nitrogens with two attached hydrogens (primary N) is 1. The molecule has 12 heteroatoms. The number of nitrogens with one attached hydrogen (secondary N) is 2. The molecule has 2 heterocycles. The zero-order valence-corrected chi connectivity index (χ0v) is 23.9. The normalized spacial score (nSPS) is 15.6. The van der Waals surface area contributed by atoms with Crippen LogP contribution in [0, 0.1) is 28.6 Å². The highest BCUT2D eigenvalue weighted by Gasteiger charge is 2.46. The maximum atomic E-state index is 14.2. The zero-order valence-electron chi connectivity index (χ0n) is 22.3. The number of hydrogen-bond acceptors (Lipinski definition) is 7. The van der Waals surface area contributed by atoms with E-state index in [1.165, 1.54) is 0 Å². The van der Waals surface area contributed by atoms with Crippen LogP contribution in [0.4, 0.5) is 11.4 Å². The van der Waals surface area contributed by atoms with Crippen molar-refractivity contribution in [2.45, 2.75) is 19.0 Å². The number of anilines is 2. The van der Waals surface area contributed by atoms with Gasteiger partial charge in [0.15, 0.2) is 0 Å². The lowest BCUT2D eigenvalue weighted by atomic mass is 9.83. The Morgan fingerprint density at radius 3 is 2.49 bits per heavy atom. The third kappa shape index (κ3) is 5.29. The van der Waals surface area contributed by atoms with E-state index in [-0.39, 0.29) is 43.8 Å². The molecule has 2 atom stereocenters. The van der Waals surface area contributed by atoms with Gasteiger partial charge in [-0.1, -0.05) is 30.3 Å². The first-order valence-corrected chi connectivity index (χ1v) is 12.4. The molecule has 4 aromatic rings. The number of para-hydroxylation sites is 2. The molecule has 4 N–H and O–H groups in total. The minimum atomic E-state index is -1.34. The molecule has 2 amide bonds. The summed E-state index contributed by atoms with van der Waals surface area (Å²) in [5, 5.41) is 31.0. The molecule has 210 valence electrons. The smallest absolute Gasteiger partial charge is 0.238 e. The third-order valence-corrected chi connectivity index (χ3v) is 7.43. The third-order valence-electron chi connectivity index (χ3n) is 7.43. The largest absolute Gasteiger partial charge is 0.382 e. The van der Waals surface area contributed by atoms with Gasteiger partial charge in [0.05, 0.1) is 57.9 Å². The van der Waals surface area contributed by atoms with Crippen LogP contribution in [-0.4, -0.2) is 40.7 Å². The second-order valence-corrected chi connectivity index (χ2v) is 9.52. The van der Waals surface area contributed by atoms with Gasteiger partial charge in [-0.2, -0.15) is 15.6 Å². The lowest BCUT2D eigenvalue weighted by Gasteiger charge is -2.35. The summed E-state index contributed by atoms with van der Waals surface area (Å²) in [6.07, 6.45) is 0. The monoisotopic (exact) mass is 590 g/mol. The zero-order chi connectivity index (χ0) is 27.7. The van der Waals surface area contributed by atoms with Crippen LogP contribution in [0.3, 0.4) is 0 Å². The summed E-state index contributed by atoms with van der Waals surface area (Å²) in [6, 6.07) is 24.2. The predicted molar refractivity (Wildman–Crippen MR) is 161 cm³/mol. The predicted octanol–water partition coefficient (Wildman–Crippen LogP) is 3.65. The van der Waals surface area contributed by atoms with Gasteiger partial charge >= 0.3 is 0 Å². The molecule has 1 aliphatic heterocycles. The molecule has 1 aromatic heterocycles. The Balaban J connectivity index is 0.00000231. The van der Waals surface area contributed by atoms with Gasteiger partial charge in [-0.05, 0) is 50.4 Å². The van der Waals surface area contributed by atoms with E-state index in [1.807, 2.05) is 36.4 Å². The Labute approximate surface area is 249 Å². The number of benzene rings is 3. The number of carbonyl (C=O) groups is 2. The first-order chi connectivity index (χ1) is 18.8. The SMILES string of the molecule is CNC(C)(C(N)=O)[C@@H]1CNc2cc(C#N)ccc2N(Cc2nn(-c3ccccc3C#N)c3ccccc23)C1=O.Cl.Cl. The number of aromatic nitrogens is 2. The molecule has 0 aliphatic carbocycles. The number of carbonyl (C=O) groups excluding carboxylic acids is 2. The van der Waals surface area contributed by atoms with Crippen molar-refractivity contribution < 1.29 is 9.59 Å².